The molecule has 29 heavy (non-hydrogen) atoms. The topological polar surface area (TPSA) is 6.48 Å². The Bertz CT molecular complexity index is 366. The Balaban J connectivity index is 2.04. The van der Waals surface area contributed by atoms with Gasteiger partial charge in [0.05, 0.1) is 0 Å². The largest absolute Gasteiger partial charge is 0.356 e. The summed E-state index contributed by atoms with van der Waals surface area (Å²) in [6.07, 6.45) is 32.3. The highest BCUT2D eigenvalue weighted by Crippen LogP contribution is 2.22. The Labute approximate surface area is 184 Å². The van der Waals surface area contributed by atoms with Crippen molar-refractivity contribution in [3.63, 3.8) is 0 Å². The molecule has 172 valence electrons. The molecular formula is C27H54N2. The van der Waals surface area contributed by atoms with Gasteiger partial charge in [0.25, 0.3) is 0 Å². The Kier molecular flexibility index (Phi) is 17.6. The van der Waals surface area contributed by atoms with Crippen molar-refractivity contribution in [1.82, 2.24) is 9.80 Å². The summed E-state index contributed by atoms with van der Waals surface area (Å²) >= 11 is 0. The molecule has 0 aromatic heterocycles. The molecule has 0 aliphatic carbocycles. The second-order valence-corrected chi connectivity index (χ2v) is 9.29. The molecule has 2 nitrogen and oxygen atoms in total. The van der Waals surface area contributed by atoms with Crippen LogP contribution in [0.25, 0.3) is 0 Å². The SMILES string of the molecule is CCCCCCCCCCCCCN1C=CN(CC)C1CCCCCCCCC. The highest BCUT2D eigenvalue weighted by atomic mass is 15.4. The van der Waals surface area contributed by atoms with Crippen LogP contribution in [0.2, 0.25) is 0 Å². The summed E-state index contributed by atoms with van der Waals surface area (Å²) in [4.78, 5) is 5.18. The third-order valence-electron chi connectivity index (χ3n) is 6.67. The van der Waals surface area contributed by atoms with E-state index in [2.05, 4.69) is 43.0 Å². The van der Waals surface area contributed by atoms with Gasteiger partial charge >= 0.3 is 0 Å². The molecule has 0 saturated heterocycles. The van der Waals surface area contributed by atoms with Crippen LogP contribution in [0.3, 0.4) is 0 Å². The second kappa shape index (κ2) is 19.3. The summed E-state index contributed by atoms with van der Waals surface area (Å²) in [6, 6.07) is 0. The predicted molar refractivity (Wildman–Crippen MR) is 131 cm³/mol. The summed E-state index contributed by atoms with van der Waals surface area (Å²) in [6.45, 7) is 9.30. The molecule has 1 atom stereocenters. The van der Waals surface area contributed by atoms with Crippen LogP contribution >= 0.6 is 0 Å². The molecule has 1 aliphatic rings. The van der Waals surface area contributed by atoms with E-state index in [1.807, 2.05) is 0 Å². The zero-order valence-corrected chi connectivity index (χ0v) is 20.5. The van der Waals surface area contributed by atoms with Crippen LogP contribution in [0.1, 0.15) is 143 Å². The standard InChI is InChI=1S/C27H54N2/c1-4-7-9-11-13-14-15-16-18-20-22-24-29-26-25-28(6-3)27(29)23-21-19-17-12-10-8-5-2/h25-27H,4-24H2,1-3H3. The maximum absolute atomic E-state index is 2.63. The van der Waals surface area contributed by atoms with Gasteiger partial charge in [-0.05, 0) is 26.2 Å². The molecule has 1 heterocycles. The molecule has 2 heteroatoms. The van der Waals surface area contributed by atoms with Crippen LogP contribution in [0.4, 0.5) is 0 Å². The Morgan fingerprint density at radius 1 is 0.483 bits per heavy atom. The Hall–Kier alpha value is -0.660. The summed E-state index contributed by atoms with van der Waals surface area (Å²) in [5.41, 5.74) is 0. The number of rotatable bonds is 21. The minimum atomic E-state index is 0.638. The monoisotopic (exact) mass is 406 g/mol. The first-order chi connectivity index (χ1) is 14.3. The summed E-state index contributed by atoms with van der Waals surface area (Å²) in [7, 11) is 0. The van der Waals surface area contributed by atoms with Crippen LogP contribution in [-0.2, 0) is 0 Å². The van der Waals surface area contributed by atoms with Gasteiger partial charge in [-0.2, -0.15) is 0 Å². The van der Waals surface area contributed by atoms with E-state index in [1.54, 1.807) is 0 Å². The number of hydrogen-bond donors (Lipinski definition) is 0. The van der Waals surface area contributed by atoms with Gasteiger partial charge in [0.1, 0.15) is 6.17 Å². The van der Waals surface area contributed by atoms with Crippen molar-refractivity contribution >= 4 is 0 Å². The van der Waals surface area contributed by atoms with Crippen molar-refractivity contribution in [2.75, 3.05) is 13.1 Å². The quantitative estimate of drug-likeness (QED) is 0.176. The fourth-order valence-electron chi connectivity index (χ4n) is 4.67. The van der Waals surface area contributed by atoms with Gasteiger partial charge < -0.3 is 9.80 Å². The van der Waals surface area contributed by atoms with Crippen molar-refractivity contribution in [3.8, 4) is 0 Å². The van der Waals surface area contributed by atoms with Crippen LogP contribution < -0.4 is 0 Å². The molecule has 0 radical (unpaired) electrons. The van der Waals surface area contributed by atoms with Crippen LogP contribution in [0.5, 0.6) is 0 Å². The van der Waals surface area contributed by atoms with Crippen molar-refractivity contribution in [2.24, 2.45) is 0 Å². The summed E-state index contributed by atoms with van der Waals surface area (Å²) in [5.74, 6) is 0. The normalized spacial score (nSPS) is 16.3. The van der Waals surface area contributed by atoms with Crippen LogP contribution in [-0.4, -0.2) is 29.1 Å². The molecule has 0 bridgehead atoms. The van der Waals surface area contributed by atoms with E-state index in [0.717, 1.165) is 6.54 Å². The Morgan fingerprint density at radius 2 is 0.897 bits per heavy atom. The molecule has 1 rings (SSSR count). The van der Waals surface area contributed by atoms with E-state index in [-0.39, 0.29) is 0 Å². The van der Waals surface area contributed by atoms with Crippen molar-refractivity contribution in [1.29, 1.82) is 0 Å². The summed E-state index contributed by atoms with van der Waals surface area (Å²) < 4.78 is 0. The van der Waals surface area contributed by atoms with Crippen molar-refractivity contribution in [3.05, 3.63) is 12.4 Å². The molecule has 0 fully saturated rings. The van der Waals surface area contributed by atoms with Gasteiger partial charge in [-0.1, -0.05) is 117 Å². The maximum atomic E-state index is 2.63. The highest BCUT2D eigenvalue weighted by Gasteiger charge is 2.23. The first-order valence-electron chi connectivity index (χ1n) is 13.5. The smallest absolute Gasteiger partial charge is 0.101 e. The average molecular weight is 407 g/mol. The molecule has 1 aliphatic heterocycles. The lowest BCUT2D eigenvalue weighted by Crippen LogP contribution is -2.38. The fourth-order valence-corrected chi connectivity index (χ4v) is 4.67. The molecule has 0 N–H and O–H groups in total. The Morgan fingerprint density at radius 3 is 1.38 bits per heavy atom. The third kappa shape index (κ3) is 13.3. The summed E-state index contributed by atoms with van der Waals surface area (Å²) in [5, 5.41) is 0. The minimum Gasteiger partial charge on any atom is -0.356 e. The van der Waals surface area contributed by atoms with Crippen LogP contribution in [0.15, 0.2) is 12.4 Å². The number of nitrogens with zero attached hydrogens (tertiary/aromatic N) is 2. The zero-order chi connectivity index (χ0) is 21.0. The van der Waals surface area contributed by atoms with E-state index in [9.17, 15) is 0 Å². The molecule has 0 saturated carbocycles. The fraction of sp³-hybridized carbons (Fsp3) is 0.926. The van der Waals surface area contributed by atoms with Gasteiger partial charge in [0.2, 0.25) is 0 Å². The maximum Gasteiger partial charge on any atom is 0.101 e. The molecular weight excluding hydrogens is 352 g/mol. The van der Waals surface area contributed by atoms with E-state index in [0.29, 0.717) is 6.17 Å². The van der Waals surface area contributed by atoms with Gasteiger partial charge in [-0.3, -0.25) is 0 Å². The van der Waals surface area contributed by atoms with Crippen LogP contribution in [0, 0.1) is 0 Å². The average Bonchev–Trinajstić information content (AvgIpc) is 3.13. The van der Waals surface area contributed by atoms with E-state index >= 15 is 0 Å². The molecule has 1 unspecified atom stereocenters. The highest BCUT2D eigenvalue weighted by molar-refractivity contribution is 4.96. The van der Waals surface area contributed by atoms with Crippen molar-refractivity contribution < 1.29 is 0 Å². The predicted octanol–water partition coefficient (Wildman–Crippen LogP) is 8.87. The lowest BCUT2D eigenvalue weighted by atomic mass is 10.1. The van der Waals surface area contributed by atoms with Gasteiger partial charge in [0, 0.05) is 25.5 Å². The minimum absolute atomic E-state index is 0.638. The third-order valence-corrected chi connectivity index (χ3v) is 6.67. The molecule has 0 aromatic rings. The van der Waals surface area contributed by atoms with Crippen molar-refractivity contribution in [2.45, 2.75) is 149 Å². The number of hydrogen-bond acceptors (Lipinski definition) is 2. The molecule has 0 amide bonds. The molecule has 0 spiro atoms. The first kappa shape index (κ1) is 26.4. The lowest BCUT2D eigenvalue weighted by molar-refractivity contribution is 0.142. The first-order valence-corrected chi connectivity index (χ1v) is 13.5. The van der Waals surface area contributed by atoms with E-state index in [4.69, 9.17) is 0 Å². The lowest BCUT2D eigenvalue weighted by Gasteiger charge is -2.32. The second-order valence-electron chi connectivity index (χ2n) is 9.29. The van der Waals surface area contributed by atoms with E-state index < -0.39 is 0 Å². The number of unbranched alkanes of at least 4 members (excludes halogenated alkanes) is 16. The van der Waals surface area contributed by atoms with Gasteiger partial charge in [-0.25, -0.2) is 0 Å². The van der Waals surface area contributed by atoms with E-state index in [1.165, 1.54) is 129 Å². The molecule has 0 aromatic carbocycles. The zero-order valence-electron chi connectivity index (χ0n) is 20.5. The van der Waals surface area contributed by atoms with Gasteiger partial charge in [-0.15, -0.1) is 0 Å². The van der Waals surface area contributed by atoms with Gasteiger partial charge in [0.15, 0.2) is 0 Å².